The molecule has 1 unspecified atom stereocenters. The van der Waals surface area contributed by atoms with Gasteiger partial charge >= 0.3 is 6.03 Å². The largest absolute Gasteiger partial charge is 0.336 e. The molecule has 0 saturated heterocycles. The Kier molecular flexibility index (Phi) is 6.59. The maximum absolute atomic E-state index is 11.9. The number of amides is 2. The Morgan fingerprint density at radius 3 is 2.87 bits per heavy atom. The predicted molar refractivity (Wildman–Crippen MR) is 90.3 cm³/mol. The van der Waals surface area contributed by atoms with Crippen LogP contribution in [0.4, 0.5) is 4.79 Å². The number of rotatable bonds is 8. The van der Waals surface area contributed by atoms with Gasteiger partial charge in [-0.25, -0.2) is 14.5 Å². The van der Waals surface area contributed by atoms with E-state index in [0.717, 1.165) is 24.2 Å². The quantitative estimate of drug-likeness (QED) is 0.736. The zero-order valence-electron chi connectivity index (χ0n) is 13.8. The molecule has 6 nitrogen and oxygen atoms in total. The number of nitrogens with one attached hydrogen (secondary N) is 2. The summed E-state index contributed by atoms with van der Waals surface area (Å²) in [5.41, 5.74) is 0.953. The second kappa shape index (κ2) is 8.92. The van der Waals surface area contributed by atoms with Gasteiger partial charge in [0.05, 0.1) is 0 Å². The number of nitrogens with zero attached hydrogens (tertiary/aromatic N) is 3. The summed E-state index contributed by atoms with van der Waals surface area (Å²) in [4.78, 5) is 16.2. The minimum absolute atomic E-state index is 0.134. The number of hydrogen-bond donors (Lipinski definition) is 2. The highest BCUT2D eigenvalue weighted by Crippen LogP contribution is 2.05. The second-order valence-corrected chi connectivity index (χ2v) is 5.70. The van der Waals surface area contributed by atoms with Gasteiger partial charge < -0.3 is 10.6 Å². The van der Waals surface area contributed by atoms with E-state index in [2.05, 4.69) is 27.6 Å². The first-order valence-corrected chi connectivity index (χ1v) is 8.18. The Labute approximate surface area is 137 Å². The molecule has 2 heterocycles. The van der Waals surface area contributed by atoms with E-state index >= 15 is 0 Å². The SMILES string of the molecule is CCCCCC(C)NC(=O)NCc1ccc(-n2cccn2)nc1. The number of pyridine rings is 1. The van der Waals surface area contributed by atoms with Crippen LogP contribution in [-0.2, 0) is 6.54 Å². The predicted octanol–water partition coefficient (Wildman–Crippen LogP) is 3.04. The van der Waals surface area contributed by atoms with E-state index in [0.29, 0.717) is 6.54 Å². The van der Waals surface area contributed by atoms with Gasteiger partial charge in [0.25, 0.3) is 0 Å². The van der Waals surface area contributed by atoms with Crippen LogP contribution in [-0.4, -0.2) is 26.8 Å². The molecule has 0 radical (unpaired) electrons. The third-order valence-corrected chi connectivity index (χ3v) is 3.62. The summed E-state index contributed by atoms with van der Waals surface area (Å²) >= 11 is 0. The summed E-state index contributed by atoms with van der Waals surface area (Å²) in [6.07, 6.45) is 9.87. The van der Waals surface area contributed by atoms with Gasteiger partial charge in [0.15, 0.2) is 5.82 Å². The van der Waals surface area contributed by atoms with Gasteiger partial charge in [-0.05, 0) is 31.0 Å². The molecule has 0 bridgehead atoms. The standard InChI is InChI=1S/C17H25N5O/c1-3-4-5-7-14(2)21-17(23)19-13-15-8-9-16(18-12-15)22-11-6-10-20-22/h6,8-12,14H,3-5,7,13H2,1-2H3,(H2,19,21,23). The van der Waals surface area contributed by atoms with Crippen LogP contribution in [0.3, 0.4) is 0 Å². The molecule has 2 amide bonds. The summed E-state index contributed by atoms with van der Waals surface area (Å²) in [6, 6.07) is 5.74. The van der Waals surface area contributed by atoms with E-state index < -0.39 is 0 Å². The van der Waals surface area contributed by atoms with Crippen molar-refractivity contribution in [2.24, 2.45) is 0 Å². The summed E-state index contributed by atoms with van der Waals surface area (Å²) in [5, 5.41) is 9.95. The van der Waals surface area contributed by atoms with Gasteiger partial charge in [-0.2, -0.15) is 5.10 Å². The lowest BCUT2D eigenvalue weighted by Crippen LogP contribution is -2.40. The first kappa shape index (κ1) is 17.0. The van der Waals surface area contributed by atoms with Gasteiger partial charge in [-0.1, -0.05) is 32.3 Å². The van der Waals surface area contributed by atoms with Crippen molar-refractivity contribution in [1.29, 1.82) is 0 Å². The highest BCUT2D eigenvalue weighted by molar-refractivity contribution is 5.74. The summed E-state index contributed by atoms with van der Waals surface area (Å²) in [6.45, 7) is 4.67. The molecule has 0 spiro atoms. The zero-order chi connectivity index (χ0) is 16.5. The smallest absolute Gasteiger partial charge is 0.315 e. The van der Waals surface area contributed by atoms with E-state index in [-0.39, 0.29) is 12.1 Å². The molecule has 1 atom stereocenters. The number of urea groups is 1. The van der Waals surface area contributed by atoms with Crippen molar-refractivity contribution in [1.82, 2.24) is 25.4 Å². The maximum Gasteiger partial charge on any atom is 0.315 e. The molecular weight excluding hydrogens is 290 g/mol. The van der Waals surface area contributed by atoms with Crippen molar-refractivity contribution in [3.8, 4) is 5.82 Å². The van der Waals surface area contributed by atoms with E-state index in [4.69, 9.17) is 0 Å². The first-order valence-electron chi connectivity index (χ1n) is 8.18. The molecule has 2 rings (SSSR count). The molecule has 2 N–H and O–H groups in total. The van der Waals surface area contributed by atoms with Gasteiger partial charge in [-0.3, -0.25) is 0 Å². The van der Waals surface area contributed by atoms with Crippen molar-refractivity contribution in [3.63, 3.8) is 0 Å². The molecule has 0 aliphatic heterocycles. The highest BCUT2D eigenvalue weighted by atomic mass is 16.2. The lowest BCUT2D eigenvalue weighted by atomic mass is 10.1. The van der Waals surface area contributed by atoms with Gasteiger partial charge in [-0.15, -0.1) is 0 Å². The average molecular weight is 315 g/mol. The Morgan fingerprint density at radius 2 is 2.22 bits per heavy atom. The molecule has 124 valence electrons. The topological polar surface area (TPSA) is 71.8 Å². The van der Waals surface area contributed by atoms with Gasteiger partial charge in [0, 0.05) is 31.2 Å². The fourth-order valence-electron chi connectivity index (χ4n) is 2.29. The molecule has 2 aromatic rings. The minimum atomic E-state index is -0.134. The molecule has 0 saturated carbocycles. The maximum atomic E-state index is 11.9. The van der Waals surface area contributed by atoms with Crippen molar-refractivity contribution >= 4 is 6.03 Å². The lowest BCUT2D eigenvalue weighted by Gasteiger charge is -2.14. The first-order chi connectivity index (χ1) is 11.2. The van der Waals surface area contributed by atoms with Crippen LogP contribution in [0.25, 0.3) is 5.82 Å². The van der Waals surface area contributed by atoms with Gasteiger partial charge in [0.2, 0.25) is 0 Å². The molecule has 23 heavy (non-hydrogen) atoms. The normalized spacial score (nSPS) is 11.9. The monoisotopic (exact) mass is 315 g/mol. The Hall–Kier alpha value is -2.37. The van der Waals surface area contributed by atoms with Crippen LogP contribution >= 0.6 is 0 Å². The lowest BCUT2D eigenvalue weighted by molar-refractivity contribution is 0.236. The fourth-order valence-corrected chi connectivity index (χ4v) is 2.29. The average Bonchev–Trinajstić information content (AvgIpc) is 3.08. The van der Waals surface area contributed by atoms with Crippen molar-refractivity contribution < 1.29 is 4.79 Å². The van der Waals surface area contributed by atoms with Crippen molar-refractivity contribution in [3.05, 3.63) is 42.4 Å². The third-order valence-electron chi connectivity index (χ3n) is 3.62. The Bertz CT molecular complexity index is 580. The highest BCUT2D eigenvalue weighted by Gasteiger charge is 2.06. The van der Waals surface area contributed by atoms with Crippen molar-refractivity contribution in [2.75, 3.05) is 0 Å². The molecule has 0 aliphatic carbocycles. The van der Waals surface area contributed by atoms with Gasteiger partial charge in [0.1, 0.15) is 0 Å². The number of aromatic nitrogens is 3. The zero-order valence-corrected chi connectivity index (χ0v) is 13.8. The molecule has 0 aromatic carbocycles. The van der Waals surface area contributed by atoms with E-state index in [1.165, 1.54) is 12.8 Å². The van der Waals surface area contributed by atoms with Crippen LogP contribution in [0.2, 0.25) is 0 Å². The summed E-state index contributed by atoms with van der Waals surface area (Å²) < 4.78 is 1.70. The molecule has 2 aromatic heterocycles. The van der Waals surface area contributed by atoms with E-state index in [1.54, 1.807) is 17.1 Å². The van der Waals surface area contributed by atoms with E-state index in [1.807, 2.05) is 31.3 Å². The van der Waals surface area contributed by atoms with Crippen molar-refractivity contribution in [2.45, 2.75) is 52.1 Å². The summed E-state index contributed by atoms with van der Waals surface area (Å²) in [7, 11) is 0. The third kappa shape index (κ3) is 5.73. The van der Waals surface area contributed by atoms with Crippen LogP contribution in [0, 0.1) is 0 Å². The Balaban J connectivity index is 1.74. The molecular formula is C17H25N5O. The van der Waals surface area contributed by atoms with Crippen LogP contribution in [0.1, 0.15) is 45.1 Å². The van der Waals surface area contributed by atoms with Crippen LogP contribution < -0.4 is 10.6 Å². The fraction of sp³-hybridized carbons (Fsp3) is 0.471. The van der Waals surface area contributed by atoms with Crippen LogP contribution in [0.15, 0.2) is 36.8 Å². The Morgan fingerprint density at radius 1 is 1.35 bits per heavy atom. The number of carbonyl (C=O) groups is 1. The van der Waals surface area contributed by atoms with E-state index in [9.17, 15) is 4.79 Å². The number of carbonyl (C=O) groups excluding carboxylic acids is 1. The molecule has 0 fully saturated rings. The van der Waals surface area contributed by atoms with Crippen LogP contribution in [0.5, 0.6) is 0 Å². The summed E-state index contributed by atoms with van der Waals surface area (Å²) in [5.74, 6) is 0.757. The second-order valence-electron chi connectivity index (χ2n) is 5.70. The number of hydrogen-bond acceptors (Lipinski definition) is 3. The number of unbranched alkanes of at least 4 members (excludes halogenated alkanes) is 2. The molecule has 6 heteroatoms. The molecule has 0 aliphatic rings. The minimum Gasteiger partial charge on any atom is -0.336 e.